The number of hydrogen-bond acceptors (Lipinski definition) is 4. The van der Waals surface area contributed by atoms with Crippen molar-refractivity contribution in [1.29, 1.82) is 0 Å². The molecule has 0 bridgehead atoms. The van der Waals surface area contributed by atoms with E-state index in [-0.39, 0.29) is 5.82 Å². The molecule has 1 heterocycles. The van der Waals surface area contributed by atoms with Crippen LogP contribution >= 0.6 is 0 Å². The second-order valence-electron chi connectivity index (χ2n) is 3.75. The summed E-state index contributed by atoms with van der Waals surface area (Å²) in [6.07, 6.45) is 1.38. The van der Waals surface area contributed by atoms with Gasteiger partial charge in [0.1, 0.15) is 5.82 Å². The molecule has 0 amide bonds. The van der Waals surface area contributed by atoms with Crippen LogP contribution in [0.3, 0.4) is 0 Å². The van der Waals surface area contributed by atoms with E-state index in [1.807, 2.05) is 0 Å². The van der Waals surface area contributed by atoms with E-state index < -0.39 is 0 Å². The maximum Gasteiger partial charge on any atom is 0.179 e. The highest BCUT2D eigenvalue weighted by Gasteiger charge is 2.04. The lowest BCUT2D eigenvalue weighted by Crippen LogP contribution is -2.08. The first-order valence-electron chi connectivity index (χ1n) is 5.49. The molecule has 0 unspecified atom stereocenters. The molecule has 6 heteroatoms. The quantitative estimate of drug-likeness (QED) is 0.830. The number of nitrogens with two attached hydrogens (primary N) is 1. The summed E-state index contributed by atoms with van der Waals surface area (Å²) in [5, 5.41) is 12.1. The van der Waals surface area contributed by atoms with E-state index in [2.05, 4.69) is 15.4 Å². The molecule has 0 saturated heterocycles. The predicted octanol–water partition coefficient (Wildman–Crippen LogP) is 0.752. The Labute approximate surface area is 98.4 Å². The smallest absolute Gasteiger partial charge is 0.179 e. The van der Waals surface area contributed by atoms with Crippen molar-refractivity contribution < 1.29 is 4.39 Å². The molecule has 0 radical (unpaired) electrons. The lowest BCUT2D eigenvalue weighted by molar-refractivity contribution is 0.503. The van der Waals surface area contributed by atoms with Gasteiger partial charge in [-0.3, -0.25) is 0 Å². The maximum absolute atomic E-state index is 12.7. The van der Waals surface area contributed by atoms with Crippen molar-refractivity contribution in [3.8, 4) is 0 Å². The molecular weight excluding hydrogens is 221 g/mol. The number of tetrazole rings is 1. The average Bonchev–Trinajstić information content (AvgIpc) is 2.77. The second-order valence-corrected chi connectivity index (χ2v) is 3.75. The summed E-state index contributed by atoms with van der Waals surface area (Å²) in [6, 6.07) is 6.29. The molecule has 5 nitrogen and oxygen atoms in total. The Bertz CT molecular complexity index is 465. The fraction of sp³-hybridized carbons (Fsp3) is 0.364. The average molecular weight is 235 g/mol. The first-order valence-corrected chi connectivity index (χ1v) is 5.49. The number of aryl methyl sites for hydroxylation is 1. The third kappa shape index (κ3) is 3.32. The molecular formula is C11H14FN5. The number of nitrogens with zero attached hydrogens (tertiary/aromatic N) is 4. The molecule has 2 aromatic rings. The largest absolute Gasteiger partial charge is 0.330 e. The predicted molar refractivity (Wildman–Crippen MR) is 60.7 cm³/mol. The van der Waals surface area contributed by atoms with Crippen molar-refractivity contribution in [3.63, 3.8) is 0 Å². The SMILES string of the molecule is NCCCn1nnc(Cc2ccc(F)cc2)n1. The Hall–Kier alpha value is -1.82. The molecule has 2 N–H and O–H groups in total. The Morgan fingerprint density at radius 3 is 2.71 bits per heavy atom. The molecule has 0 saturated carbocycles. The summed E-state index contributed by atoms with van der Waals surface area (Å²) in [6.45, 7) is 1.28. The molecule has 0 spiro atoms. The highest BCUT2D eigenvalue weighted by Crippen LogP contribution is 2.06. The number of rotatable bonds is 5. The Morgan fingerprint density at radius 1 is 1.24 bits per heavy atom. The summed E-state index contributed by atoms with van der Waals surface area (Å²) in [5.74, 6) is 0.391. The van der Waals surface area contributed by atoms with Gasteiger partial charge in [-0.2, -0.15) is 4.80 Å². The van der Waals surface area contributed by atoms with Gasteiger partial charge in [-0.15, -0.1) is 10.2 Å². The highest BCUT2D eigenvalue weighted by atomic mass is 19.1. The first-order chi connectivity index (χ1) is 8.28. The number of hydrogen-bond donors (Lipinski definition) is 1. The van der Waals surface area contributed by atoms with E-state index in [0.29, 0.717) is 25.3 Å². The van der Waals surface area contributed by atoms with E-state index >= 15 is 0 Å². The second kappa shape index (κ2) is 5.49. The molecule has 0 atom stereocenters. The van der Waals surface area contributed by atoms with Crippen LogP contribution in [0.5, 0.6) is 0 Å². The zero-order chi connectivity index (χ0) is 12.1. The first kappa shape index (κ1) is 11.7. The monoisotopic (exact) mass is 235 g/mol. The van der Waals surface area contributed by atoms with Gasteiger partial charge in [-0.25, -0.2) is 4.39 Å². The van der Waals surface area contributed by atoms with Crippen LogP contribution in [0.15, 0.2) is 24.3 Å². The van der Waals surface area contributed by atoms with Crippen molar-refractivity contribution in [2.75, 3.05) is 6.54 Å². The minimum absolute atomic E-state index is 0.242. The Kier molecular flexibility index (Phi) is 3.77. The number of halogens is 1. The summed E-state index contributed by atoms with van der Waals surface area (Å²) in [4.78, 5) is 1.53. The zero-order valence-corrected chi connectivity index (χ0v) is 9.38. The van der Waals surface area contributed by atoms with Crippen molar-refractivity contribution in [2.24, 2.45) is 5.73 Å². The van der Waals surface area contributed by atoms with Crippen molar-refractivity contribution in [1.82, 2.24) is 20.2 Å². The molecule has 90 valence electrons. The molecule has 17 heavy (non-hydrogen) atoms. The normalized spacial score (nSPS) is 10.7. The minimum atomic E-state index is -0.242. The standard InChI is InChI=1S/C11H14FN5/c12-10-4-2-9(3-5-10)8-11-14-16-17(15-11)7-1-6-13/h2-5H,1,6-8,13H2. The van der Waals surface area contributed by atoms with Gasteiger partial charge in [0.05, 0.1) is 6.54 Å². The van der Waals surface area contributed by atoms with Crippen LogP contribution in [-0.2, 0) is 13.0 Å². The summed E-state index contributed by atoms with van der Waals surface area (Å²) in [7, 11) is 0. The van der Waals surface area contributed by atoms with E-state index in [1.165, 1.54) is 16.9 Å². The molecule has 1 aromatic heterocycles. The number of aromatic nitrogens is 4. The van der Waals surface area contributed by atoms with Crippen molar-refractivity contribution >= 4 is 0 Å². The fourth-order valence-corrected chi connectivity index (χ4v) is 1.46. The van der Waals surface area contributed by atoms with E-state index in [1.54, 1.807) is 12.1 Å². The van der Waals surface area contributed by atoms with Gasteiger partial charge in [-0.05, 0) is 35.9 Å². The van der Waals surface area contributed by atoms with Crippen molar-refractivity contribution in [2.45, 2.75) is 19.4 Å². The minimum Gasteiger partial charge on any atom is -0.330 e. The van der Waals surface area contributed by atoms with Gasteiger partial charge in [0.15, 0.2) is 5.82 Å². The highest BCUT2D eigenvalue weighted by molar-refractivity contribution is 5.19. The molecule has 0 aliphatic rings. The van der Waals surface area contributed by atoms with Gasteiger partial charge in [0.25, 0.3) is 0 Å². The zero-order valence-electron chi connectivity index (χ0n) is 9.38. The summed E-state index contributed by atoms with van der Waals surface area (Å²) >= 11 is 0. The molecule has 0 fully saturated rings. The Balaban J connectivity index is 1.98. The van der Waals surface area contributed by atoms with Crippen LogP contribution in [0.25, 0.3) is 0 Å². The fourth-order valence-electron chi connectivity index (χ4n) is 1.46. The maximum atomic E-state index is 12.7. The van der Waals surface area contributed by atoms with Gasteiger partial charge in [-0.1, -0.05) is 12.1 Å². The molecule has 2 rings (SSSR count). The lowest BCUT2D eigenvalue weighted by atomic mass is 10.1. The molecule has 1 aromatic carbocycles. The van der Waals surface area contributed by atoms with Gasteiger partial charge >= 0.3 is 0 Å². The van der Waals surface area contributed by atoms with Crippen LogP contribution in [0, 0.1) is 5.82 Å². The summed E-state index contributed by atoms with van der Waals surface area (Å²) in [5.41, 5.74) is 6.36. The van der Waals surface area contributed by atoms with E-state index in [4.69, 9.17) is 5.73 Å². The lowest BCUT2D eigenvalue weighted by Gasteiger charge is -1.96. The van der Waals surface area contributed by atoms with Gasteiger partial charge in [0.2, 0.25) is 0 Å². The van der Waals surface area contributed by atoms with Gasteiger partial charge in [0, 0.05) is 6.42 Å². The third-order valence-electron chi connectivity index (χ3n) is 2.33. The van der Waals surface area contributed by atoms with Crippen LogP contribution in [-0.4, -0.2) is 26.8 Å². The molecule has 0 aliphatic carbocycles. The van der Waals surface area contributed by atoms with E-state index in [9.17, 15) is 4.39 Å². The third-order valence-corrected chi connectivity index (χ3v) is 2.33. The van der Waals surface area contributed by atoms with Crippen LogP contribution in [0.1, 0.15) is 17.8 Å². The summed E-state index contributed by atoms with van der Waals surface area (Å²) < 4.78 is 12.7. The van der Waals surface area contributed by atoms with Crippen molar-refractivity contribution in [3.05, 3.63) is 41.5 Å². The van der Waals surface area contributed by atoms with Crippen LogP contribution in [0.4, 0.5) is 4.39 Å². The van der Waals surface area contributed by atoms with Crippen LogP contribution < -0.4 is 5.73 Å². The van der Waals surface area contributed by atoms with E-state index in [0.717, 1.165) is 12.0 Å². The molecule has 0 aliphatic heterocycles. The topological polar surface area (TPSA) is 69.6 Å². The Morgan fingerprint density at radius 2 is 2.00 bits per heavy atom. The van der Waals surface area contributed by atoms with Crippen LogP contribution in [0.2, 0.25) is 0 Å². The number of benzene rings is 1. The van der Waals surface area contributed by atoms with Gasteiger partial charge < -0.3 is 5.73 Å².